The zero-order chi connectivity index (χ0) is 20.7. The second-order valence-electron chi connectivity index (χ2n) is 6.75. The molecule has 1 rings (SSSR count). The Balaban J connectivity index is 3.27. The lowest BCUT2D eigenvalue weighted by atomic mass is 9.89. The number of carbonyl (C=O) groups excluding carboxylic acids is 4. The van der Waals surface area contributed by atoms with Gasteiger partial charge in [-0.2, -0.15) is 0 Å². The Bertz CT molecular complexity index is 566. The SMILES string of the molecule is CCCCOC(=O)N(C)[C@@H]1[C@@H](NC(C)=O)[C@H](C)C(C(=O)OC)[C@@H]1C(=O)OC. The molecule has 1 aliphatic carbocycles. The average molecular weight is 386 g/mol. The van der Waals surface area contributed by atoms with Crippen molar-refractivity contribution >= 4 is 23.9 Å². The summed E-state index contributed by atoms with van der Waals surface area (Å²) in [5.41, 5.74) is 0. The van der Waals surface area contributed by atoms with Crippen LogP contribution in [0.5, 0.6) is 0 Å². The molecule has 9 nitrogen and oxygen atoms in total. The van der Waals surface area contributed by atoms with E-state index >= 15 is 0 Å². The van der Waals surface area contributed by atoms with Gasteiger partial charge in [-0.05, 0) is 12.3 Å². The van der Waals surface area contributed by atoms with Crippen LogP contribution in [0.3, 0.4) is 0 Å². The van der Waals surface area contributed by atoms with Crippen LogP contribution in [-0.2, 0) is 28.6 Å². The number of carbonyl (C=O) groups is 4. The minimum Gasteiger partial charge on any atom is -0.469 e. The van der Waals surface area contributed by atoms with E-state index in [4.69, 9.17) is 14.2 Å². The third-order valence-electron chi connectivity index (χ3n) is 5.03. The highest BCUT2D eigenvalue weighted by Crippen LogP contribution is 2.41. The van der Waals surface area contributed by atoms with Crippen molar-refractivity contribution in [1.82, 2.24) is 10.2 Å². The van der Waals surface area contributed by atoms with Crippen molar-refractivity contribution in [2.45, 2.75) is 45.7 Å². The van der Waals surface area contributed by atoms with Gasteiger partial charge in [-0.1, -0.05) is 20.3 Å². The van der Waals surface area contributed by atoms with Crippen molar-refractivity contribution in [1.29, 1.82) is 0 Å². The summed E-state index contributed by atoms with van der Waals surface area (Å²) in [4.78, 5) is 50.3. The summed E-state index contributed by atoms with van der Waals surface area (Å²) in [7, 11) is 3.92. The van der Waals surface area contributed by atoms with Gasteiger partial charge in [-0.3, -0.25) is 14.4 Å². The highest BCUT2D eigenvalue weighted by Gasteiger charge is 2.58. The van der Waals surface area contributed by atoms with Crippen molar-refractivity contribution in [2.24, 2.45) is 17.8 Å². The molecule has 0 aliphatic heterocycles. The molecule has 5 atom stereocenters. The first-order valence-electron chi connectivity index (χ1n) is 9.03. The van der Waals surface area contributed by atoms with E-state index in [9.17, 15) is 19.2 Å². The number of hydrogen-bond donors (Lipinski definition) is 1. The lowest BCUT2D eigenvalue weighted by molar-refractivity contribution is -0.158. The number of likely N-dealkylation sites (N-methyl/N-ethyl adjacent to an activating group) is 1. The van der Waals surface area contributed by atoms with E-state index in [0.29, 0.717) is 6.42 Å². The molecule has 154 valence electrons. The maximum absolute atomic E-state index is 12.5. The molecule has 1 unspecified atom stereocenters. The van der Waals surface area contributed by atoms with Gasteiger partial charge in [0.1, 0.15) is 0 Å². The Morgan fingerprint density at radius 3 is 2.07 bits per heavy atom. The van der Waals surface area contributed by atoms with Gasteiger partial charge in [0, 0.05) is 14.0 Å². The monoisotopic (exact) mass is 386 g/mol. The Morgan fingerprint density at radius 1 is 1.04 bits per heavy atom. The van der Waals surface area contributed by atoms with E-state index in [1.807, 2.05) is 6.92 Å². The van der Waals surface area contributed by atoms with Crippen LogP contribution >= 0.6 is 0 Å². The Labute approximate surface area is 159 Å². The van der Waals surface area contributed by atoms with Crippen molar-refractivity contribution < 1.29 is 33.4 Å². The average Bonchev–Trinajstić information content (AvgIpc) is 2.91. The molecule has 0 aromatic carbocycles. The van der Waals surface area contributed by atoms with E-state index < -0.39 is 47.9 Å². The lowest BCUT2D eigenvalue weighted by Gasteiger charge is -2.33. The number of nitrogens with one attached hydrogen (secondary N) is 1. The molecule has 9 heteroatoms. The zero-order valence-corrected chi connectivity index (χ0v) is 16.8. The van der Waals surface area contributed by atoms with Gasteiger partial charge in [0.15, 0.2) is 0 Å². The maximum atomic E-state index is 12.5. The molecule has 0 spiro atoms. The first kappa shape index (κ1) is 22.7. The Hall–Kier alpha value is -2.32. The standard InChI is InChI=1S/C18H30N2O7/c1-7-8-9-27-18(24)20(4)15-13(17(23)26-6)12(16(22)25-5)10(2)14(15)19-11(3)21/h10,12-15H,7-9H2,1-6H3,(H,19,21)/t10-,12?,13+,14+,15+/m1/s1. The molecule has 1 aliphatic rings. The molecule has 0 heterocycles. The van der Waals surface area contributed by atoms with Crippen LogP contribution in [0.15, 0.2) is 0 Å². The van der Waals surface area contributed by atoms with Crippen molar-refractivity contribution in [3.8, 4) is 0 Å². The van der Waals surface area contributed by atoms with Gasteiger partial charge in [-0.15, -0.1) is 0 Å². The molecule has 1 N–H and O–H groups in total. The Kier molecular flexibility index (Phi) is 8.52. The fourth-order valence-corrected chi connectivity index (χ4v) is 3.68. The lowest BCUT2D eigenvalue weighted by Crippen LogP contribution is -2.54. The van der Waals surface area contributed by atoms with Crippen LogP contribution in [0.1, 0.15) is 33.6 Å². The molecule has 1 fully saturated rings. The predicted octanol–water partition coefficient (Wildman–Crippen LogP) is 0.956. The fraction of sp³-hybridized carbons (Fsp3) is 0.778. The number of esters is 2. The largest absolute Gasteiger partial charge is 0.469 e. The van der Waals surface area contributed by atoms with Gasteiger partial charge >= 0.3 is 18.0 Å². The summed E-state index contributed by atoms with van der Waals surface area (Å²) in [5, 5.41) is 2.76. The van der Waals surface area contributed by atoms with Gasteiger partial charge in [-0.25, -0.2) is 4.79 Å². The van der Waals surface area contributed by atoms with Crippen LogP contribution in [0.2, 0.25) is 0 Å². The molecule has 0 aromatic rings. The number of ether oxygens (including phenoxy) is 3. The summed E-state index contributed by atoms with van der Waals surface area (Å²) >= 11 is 0. The molecule has 2 amide bonds. The summed E-state index contributed by atoms with van der Waals surface area (Å²) in [6, 6.07) is -1.45. The zero-order valence-electron chi connectivity index (χ0n) is 16.8. The summed E-state index contributed by atoms with van der Waals surface area (Å²) in [6.45, 7) is 5.28. The second kappa shape index (κ2) is 10.1. The van der Waals surface area contributed by atoms with Crippen LogP contribution < -0.4 is 5.32 Å². The smallest absolute Gasteiger partial charge is 0.409 e. The highest BCUT2D eigenvalue weighted by molar-refractivity contribution is 5.85. The molecule has 1 saturated carbocycles. The molecule has 0 aromatic heterocycles. The number of hydrogen-bond acceptors (Lipinski definition) is 7. The summed E-state index contributed by atoms with van der Waals surface area (Å²) < 4.78 is 15.0. The van der Waals surface area contributed by atoms with Gasteiger partial charge in [0.25, 0.3) is 0 Å². The van der Waals surface area contributed by atoms with Gasteiger partial charge in [0.2, 0.25) is 5.91 Å². The van der Waals surface area contributed by atoms with Crippen molar-refractivity contribution in [3.05, 3.63) is 0 Å². The van der Waals surface area contributed by atoms with Crippen molar-refractivity contribution in [2.75, 3.05) is 27.9 Å². The molecular weight excluding hydrogens is 356 g/mol. The minimum absolute atomic E-state index is 0.246. The Morgan fingerprint density at radius 2 is 1.59 bits per heavy atom. The first-order chi connectivity index (χ1) is 12.7. The van der Waals surface area contributed by atoms with E-state index in [1.54, 1.807) is 6.92 Å². The normalized spacial score (nSPS) is 26.8. The molecule has 27 heavy (non-hydrogen) atoms. The minimum atomic E-state index is -0.988. The second-order valence-corrected chi connectivity index (χ2v) is 6.75. The van der Waals surface area contributed by atoms with Crippen molar-refractivity contribution in [3.63, 3.8) is 0 Å². The number of rotatable bonds is 7. The van der Waals surface area contributed by atoms with Crippen LogP contribution in [0, 0.1) is 17.8 Å². The third-order valence-corrected chi connectivity index (χ3v) is 5.03. The topological polar surface area (TPSA) is 111 Å². The molecule has 0 saturated heterocycles. The van der Waals surface area contributed by atoms with E-state index in [1.165, 1.54) is 33.1 Å². The predicted molar refractivity (Wildman–Crippen MR) is 95.6 cm³/mol. The quantitative estimate of drug-likeness (QED) is 0.394. The number of unbranched alkanes of at least 4 members (excludes halogenated alkanes) is 1. The van der Waals surface area contributed by atoms with Crippen LogP contribution in [-0.4, -0.2) is 68.8 Å². The molecule has 0 bridgehead atoms. The molecular formula is C18H30N2O7. The van der Waals surface area contributed by atoms with E-state index in [0.717, 1.165) is 6.42 Å². The summed E-state index contributed by atoms with van der Waals surface area (Å²) in [6.07, 6.45) is 0.942. The highest BCUT2D eigenvalue weighted by atomic mass is 16.6. The van der Waals surface area contributed by atoms with E-state index in [-0.39, 0.29) is 12.5 Å². The maximum Gasteiger partial charge on any atom is 0.409 e. The van der Waals surface area contributed by atoms with Crippen LogP contribution in [0.4, 0.5) is 4.79 Å². The van der Waals surface area contributed by atoms with Crippen LogP contribution in [0.25, 0.3) is 0 Å². The summed E-state index contributed by atoms with van der Waals surface area (Å²) in [5.74, 6) is -3.89. The number of amides is 2. The van der Waals surface area contributed by atoms with E-state index in [2.05, 4.69) is 5.32 Å². The number of nitrogens with zero attached hydrogens (tertiary/aromatic N) is 1. The third kappa shape index (κ3) is 5.11. The first-order valence-corrected chi connectivity index (χ1v) is 9.03. The van der Waals surface area contributed by atoms with Gasteiger partial charge in [0.05, 0.1) is 44.7 Å². The number of methoxy groups -OCH3 is 2. The van der Waals surface area contributed by atoms with Gasteiger partial charge < -0.3 is 24.4 Å². The molecule has 0 radical (unpaired) electrons. The fourth-order valence-electron chi connectivity index (χ4n) is 3.68.